The normalized spacial score (nSPS) is 13.5. The standard InChI is InChI=1S/C6H15NO3/c8-3-1-2-7-4-6(10)5-9/h6-10H,1-5H2/t6-/m0/s1. The topological polar surface area (TPSA) is 72.7 Å². The third-order valence-corrected chi connectivity index (χ3v) is 1.10. The highest BCUT2D eigenvalue weighted by Gasteiger charge is 1.98. The molecule has 0 aliphatic rings. The highest BCUT2D eigenvalue weighted by molar-refractivity contribution is 4.56. The van der Waals surface area contributed by atoms with Gasteiger partial charge in [0.2, 0.25) is 0 Å². The molecule has 0 amide bonds. The lowest BCUT2D eigenvalue weighted by Crippen LogP contribution is -2.30. The fourth-order valence-electron chi connectivity index (χ4n) is 0.537. The van der Waals surface area contributed by atoms with E-state index in [1.807, 2.05) is 0 Å². The summed E-state index contributed by atoms with van der Waals surface area (Å²) >= 11 is 0. The maximum atomic E-state index is 8.78. The Morgan fingerprint density at radius 1 is 1.30 bits per heavy atom. The van der Waals surface area contributed by atoms with Gasteiger partial charge in [-0.15, -0.1) is 0 Å². The van der Waals surface area contributed by atoms with E-state index in [1.54, 1.807) is 0 Å². The van der Waals surface area contributed by atoms with Crippen molar-refractivity contribution in [1.82, 2.24) is 5.32 Å². The summed E-state index contributed by atoms with van der Waals surface area (Å²) in [5, 5.41) is 28.3. The predicted octanol–water partition coefficient (Wildman–Crippen LogP) is -1.69. The molecule has 0 radical (unpaired) electrons. The van der Waals surface area contributed by atoms with E-state index in [0.717, 1.165) is 0 Å². The monoisotopic (exact) mass is 149 g/mol. The van der Waals surface area contributed by atoms with Crippen molar-refractivity contribution in [3.63, 3.8) is 0 Å². The van der Waals surface area contributed by atoms with Crippen LogP contribution < -0.4 is 5.32 Å². The summed E-state index contributed by atoms with van der Waals surface area (Å²) in [6.07, 6.45) is -0.00305. The molecule has 0 aromatic heterocycles. The molecule has 0 unspecified atom stereocenters. The number of aliphatic hydroxyl groups is 3. The van der Waals surface area contributed by atoms with Crippen molar-refractivity contribution in [3.05, 3.63) is 0 Å². The molecule has 0 rings (SSSR count). The van der Waals surface area contributed by atoms with Gasteiger partial charge >= 0.3 is 0 Å². The van der Waals surface area contributed by atoms with E-state index < -0.39 is 6.10 Å². The zero-order valence-corrected chi connectivity index (χ0v) is 5.95. The van der Waals surface area contributed by atoms with Crippen molar-refractivity contribution in [2.24, 2.45) is 0 Å². The second-order valence-corrected chi connectivity index (χ2v) is 2.12. The van der Waals surface area contributed by atoms with E-state index in [9.17, 15) is 0 Å². The van der Waals surface area contributed by atoms with Crippen molar-refractivity contribution >= 4 is 0 Å². The van der Waals surface area contributed by atoms with Crippen LogP contribution in [0.3, 0.4) is 0 Å². The van der Waals surface area contributed by atoms with Crippen LogP contribution in [0.1, 0.15) is 6.42 Å². The van der Waals surface area contributed by atoms with Crippen LogP contribution in [0.15, 0.2) is 0 Å². The first kappa shape index (κ1) is 9.84. The van der Waals surface area contributed by atoms with E-state index in [-0.39, 0.29) is 13.2 Å². The average Bonchev–Trinajstić information content (AvgIpc) is 1.98. The summed E-state index contributed by atoms with van der Waals surface area (Å²) in [6, 6.07) is 0. The van der Waals surface area contributed by atoms with Crippen LogP contribution in [0.2, 0.25) is 0 Å². The Morgan fingerprint density at radius 2 is 2.00 bits per heavy atom. The minimum atomic E-state index is -0.682. The van der Waals surface area contributed by atoms with Gasteiger partial charge in [-0.05, 0) is 13.0 Å². The van der Waals surface area contributed by atoms with Gasteiger partial charge in [-0.2, -0.15) is 0 Å². The number of rotatable bonds is 6. The van der Waals surface area contributed by atoms with Crippen LogP contribution in [0.5, 0.6) is 0 Å². The quantitative estimate of drug-likeness (QED) is 0.340. The highest BCUT2D eigenvalue weighted by atomic mass is 16.3. The number of hydrogen-bond acceptors (Lipinski definition) is 4. The SMILES string of the molecule is OCCCNC[C@H](O)CO. The van der Waals surface area contributed by atoms with E-state index in [1.165, 1.54) is 0 Å². The Kier molecular flexibility index (Phi) is 6.84. The summed E-state index contributed by atoms with van der Waals surface area (Å²) in [5.74, 6) is 0. The smallest absolute Gasteiger partial charge is 0.0894 e. The van der Waals surface area contributed by atoms with Gasteiger partial charge in [0.05, 0.1) is 12.7 Å². The molecule has 4 heteroatoms. The Balaban J connectivity index is 2.89. The molecule has 4 N–H and O–H groups in total. The van der Waals surface area contributed by atoms with E-state index in [0.29, 0.717) is 19.5 Å². The molecular weight excluding hydrogens is 134 g/mol. The van der Waals surface area contributed by atoms with Crippen LogP contribution in [-0.2, 0) is 0 Å². The lowest BCUT2D eigenvalue weighted by molar-refractivity contribution is 0.0941. The minimum Gasteiger partial charge on any atom is -0.396 e. The van der Waals surface area contributed by atoms with Crippen molar-refractivity contribution in [2.75, 3.05) is 26.3 Å². The third-order valence-electron chi connectivity index (χ3n) is 1.10. The molecule has 4 nitrogen and oxygen atoms in total. The fourth-order valence-corrected chi connectivity index (χ4v) is 0.537. The van der Waals surface area contributed by atoms with Gasteiger partial charge in [0, 0.05) is 13.2 Å². The first-order chi connectivity index (χ1) is 4.81. The maximum Gasteiger partial charge on any atom is 0.0894 e. The van der Waals surface area contributed by atoms with Crippen LogP contribution in [-0.4, -0.2) is 47.7 Å². The molecule has 0 aliphatic heterocycles. The highest BCUT2D eigenvalue weighted by Crippen LogP contribution is 1.77. The third kappa shape index (κ3) is 5.97. The van der Waals surface area contributed by atoms with Crippen LogP contribution in [0, 0.1) is 0 Å². The zero-order chi connectivity index (χ0) is 7.82. The molecule has 0 aliphatic carbocycles. The molecule has 0 spiro atoms. The van der Waals surface area contributed by atoms with Crippen molar-refractivity contribution in [1.29, 1.82) is 0 Å². The summed E-state index contributed by atoms with van der Waals surface area (Å²) in [5.41, 5.74) is 0. The van der Waals surface area contributed by atoms with Crippen LogP contribution in [0.25, 0.3) is 0 Å². The maximum absolute atomic E-state index is 8.78. The fraction of sp³-hybridized carbons (Fsp3) is 1.00. The van der Waals surface area contributed by atoms with E-state index in [4.69, 9.17) is 15.3 Å². The predicted molar refractivity (Wildman–Crippen MR) is 37.7 cm³/mol. The Hall–Kier alpha value is -0.160. The van der Waals surface area contributed by atoms with Crippen molar-refractivity contribution < 1.29 is 15.3 Å². The van der Waals surface area contributed by atoms with Gasteiger partial charge in [-0.3, -0.25) is 0 Å². The second-order valence-electron chi connectivity index (χ2n) is 2.12. The molecule has 10 heavy (non-hydrogen) atoms. The molecular formula is C6H15NO3. The van der Waals surface area contributed by atoms with Gasteiger partial charge in [-0.1, -0.05) is 0 Å². The van der Waals surface area contributed by atoms with Crippen LogP contribution in [0.4, 0.5) is 0 Å². The molecule has 62 valence electrons. The minimum absolute atomic E-state index is 0.155. The molecule has 0 fully saturated rings. The van der Waals surface area contributed by atoms with Crippen molar-refractivity contribution in [3.8, 4) is 0 Å². The lowest BCUT2D eigenvalue weighted by atomic mass is 10.3. The Morgan fingerprint density at radius 3 is 2.50 bits per heavy atom. The summed E-state index contributed by atoms with van der Waals surface area (Å²) in [6.45, 7) is 0.998. The first-order valence-corrected chi connectivity index (χ1v) is 3.41. The van der Waals surface area contributed by atoms with Gasteiger partial charge < -0.3 is 20.6 Å². The molecule has 0 aromatic rings. The van der Waals surface area contributed by atoms with E-state index in [2.05, 4.69) is 5.32 Å². The molecule has 1 atom stereocenters. The molecule has 0 bridgehead atoms. The van der Waals surface area contributed by atoms with E-state index >= 15 is 0 Å². The van der Waals surface area contributed by atoms with Crippen LogP contribution >= 0.6 is 0 Å². The summed E-state index contributed by atoms with van der Waals surface area (Å²) < 4.78 is 0. The Labute approximate surface area is 60.5 Å². The van der Waals surface area contributed by atoms with Gasteiger partial charge in [0.15, 0.2) is 0 Å². The molecule has 0 saturated heterocycles. The number of aliphatic hydroxyl groups excluding tert-OH is 3. The molecule has 0 aromatic carbocycles. The van der Waals surface area contributed by atoms with Gasteiger partial charge in [0.1, 0.15) is 0 Å². The van der Waals surface area contributed by atoms with Crippen molar-refractivity contribution in [2.45, 2.75) is 12.5 Å². The average molecular weight is 149 g/mol. The second kappa shape index (κ2) is 6.95. The zero-order valence-electron chi connectivity index (χ0n) is 5.95. The first-order valence-electron chi connectivity index (χ1n) is 3.41. The summed E-state index contributed by atoms with van der Waals surface area (Å²) in [7, 11) is 0. The summed E-state index contributed by atoms with van der Waals surface area (Å²) in [4.78, 5) is 0. The van der Waals surface area contributed by atoms with Gasteiger partial charge in [0.25, 0.3) is 0 Å². The molecule has 0 heterocycles. The number of nitrogens with one attached hydrogen (secondary N) is 1. The number of hydrogen-bond donors (Lipinski definition) is 4. The largest absolute Gasteiger partial charge is 0.396 e. The lowest BCUT2D eigenvalue weighted by Gasteiger charge is -2.07. The molecule has 0 saturated carbocycles. The Bertz CT molecular complexity index is 70.0. The van der Waals surface area contributed by atoms with Gasteiger partial charge in [-0.25, -0.2) is 0 Å².